The zero-order valence-electron chi connectivity index (χ0n) is 7.51. The van der Waals surface area contributed by atoms with Crippen LogP contribution in [0.25, 0.3) is 0 Å². The van der Waals surface area contributed by atoms with Crippen molar-refractivity contribution in [2.24, 2.45) is 0 Å². The van der Waals surface area contributed by atoms with Crippen LogP contribution in [0.15, 0.2) is 0 Å². The number of carbonyl (C=O) groups is 1. The molecule has 2 rings (SSSR count). The Morgan fingerprint density at radius 3 is 2.33 bits per heavy atom. The normalized spacial score (nSPS) is 34.5. The van der Waals surface area contributed by atoms with Gasteiger partial charge in [-0.2, -0.15) is 8.42 Å². The average Bonchev–Trinajstić information content (AvgIpc) is 2.23. The lowest BCUT2D eigenvalue weighted by molar-refractivity contribution is -0.143. The van der Waals surface area contributed by atoms with Gasteiger partial charge in [0, 0.05) is 10.7 Å². The highest BCUT2D eigenvalue weighted by atomic mass is 35.7. The second kappa shape index (κ2) is 2.86. The van der Waals surface area contributed by atoms with Crippen LogP contribution in [0.3, 0.4) is 0 Å². The van der Waals surface area contributed by atoms with E-state index in [-0.39, 0.29) is 24.3 Å². The fourth-order valence-electron chi connectivity index (χ4n) is 2.15. The van der Waals surface area contributed by atoms with Gasteiger partial charge in [-0.25, -0.2) is 12.7 Å². The third-order valence-electron chi connectivity index (χ3n) is 2.72. The van der Waals surface area contributed by atoms with E-state index >= 15 is 0 Å². The van der Waals surface area contributed by atoms with Gasteiger partial charge in [0.2, 0.25) is 5.91 Å². The van der Waals surface area contributed by atoms with Crippen LogP contribution in [0.5, 0.6) is 0 Å². The number of nitrogens with zero attached hydrogens (tertiary/aromatic N) is 1. The molecule has 0 aromatic rings. The minimum absolute atomic E-state index is 0.0574. The molecule has 15 heavy (non-hydrogen) atoms. The van der Waals surface area contributed by atoms with Crippen LogP contribution in [0, 0.1) is 0 Å². The number of halogens is 1. The third kappa shape index (κ3) is 1.64. The summed E-state index contributed by atoms with van der Waals surface area (Å²) in [5.74, 6) is -1.04. The first-order valence-corrected chi connectivity index (χ1v) is 8.23. The van der Waals surface area contributed by atoms with Crippen LogP contribution in [0.4, 0.5) is 0 Å². The smallest absolute Gasteiger partial charge is 0.274 e. The molecular weight excluding hydrogens is 266 g/mol. The number of rotatable bonds is 1. The maximum atomic E-state index is 11.2. The van der Waals surface area contributed by atoms with Gasteiger partial charge in [-0.15, -0.1) is 0 Å². The van der Waals surface area contributed by atoms with E-state index in [0.29, 0.717) is 4.31 Å². The van der Waals surface area contributed by atoms with Crippen molar-refractivity contribution < 1.29 is 21.6 Å². The lowest BCUT2D eigenvalue weighted by Crippen LogP contribution is -2.65. The largest absolute Gasteiger partial charge is 0.324 e. The van der Waals surface area contributed by atoms with E-state index < -0.39 is 30.5 Å². The first kappa shape index (κ1) is 11.2. The topological polar surface area (TPSA) is 88.6 Å². The summed E-state index contributed by atoms with van der Waals surface area (Å²) in [7, 11) is -2.34. The van der Waals surface area contributed by atoms with Crippen molar-refractivity contribution in [1.29, 1.82) is 0 Å². The molecule has 0 bridgehead atoms. The summed E-state index contributed by atoms with van der Waals surface area (Å²) in [6, 6.07) is 0. The van der Waals surface area contributed by atoms with Crippen molar-refractivity contribution in [3.8, 4) is 0 Å². The molecule has 2 fully saturated rings. The standard InChI is InChI=1S/C6H8ClNO5S2/c7-15(12,13)8-5(9)3-6(8)1-2-14(10,11)4-6/h1-4H2. The molecule has 9 heteroatoms. The van der Waals surface area contributed by atoms with Crippen molar-refractivity contribution in [2.45, 2.75) is 18.4 Å². The van der Waals surface area contributed by atoms with Gasteiger partial charge in [-0.05, 0) is 6.42 Å². The van der Waals surface area contributed by atoms with E-state index in [0.717, 1.165) is 0 Å². The Bertz CT molecular complexity index is 524. The summed E-state index contributed by atoms with van der Waals surface area (Å²) >= 11 is 0. The van der Waals surface area contributed by atoms with Crippen LogP contribution in [0.2, 0.25) is 0 Å². The molecule has 2 aliphatic rings. The molecule has 2 saturated heterocycles. The fraction of sp³-hybridized carbons (Fsp3) is 0.833. The summed E-state index contributed by atoms with van der Waals surface area (Å²) in [5.41, 5.74) is -1.10. The zero-order chi connectivity index (χ0) is 11.5. The summed E-state index contributed by atoms with van der Waals surface area (Å²) in [6.07, 6.45) is 0.0885. The maximum Gasteiger partial charge on any atom is 0.324 e. The number of carbonyl (C=O) groups excluding carboxylic acids is 1. The van der Waals surface area contributed by atoms with Gasteiger partial charge in [-0.3, -0.25) is 4.79 Å². The number of amides is 1. The Labute approximate surface area is 91.7 Å². The molecule has 1 spiro atoms. The minimum atomic E-state index is -4.17. The van der Waals surface area contributed by atoms with Crippen LogP contribution < -0.4 is 0 Å². The van der Waals surface area contributed by atoms with Gasteiger partial charge in [0.05, 0.1) is 23.5 Å². The van der Waals surface area contributed by atoms with E-state index in [9.17, 15) is 21.6 Å². The minimum Gasteiger partial charge on any atom is -0.274 e. The zero-order valence-corrected chi connectivity index (χ0v) is 9.90. The molecule has 86 valence electrons. The van der Waals surface area contributed by atoms with Crippen molar-refractivity contribution >= 4 is 35.7 Å². The van der Waals surface area contributed by atoms with Gasteiger partial charge in [-0.1, -0.05) is 0 Å². The lowest BCUT2D eigenvalue weighted by Gasteiger charge is -2.45. The van der Waals surface area contributed by atoms with E-state index in [1.54, 1.807) is 0 Å². The van der Waals surface area contributed by atoms with Gasteiger partial charge in [0.25, 0.3) is 0 Å². The Morgan fingerprint density at radius 1 is 1.40 bits per heavy atom. The van der Waals surface area contributed by atoms with Gasteiger partial charge < -0.3 is 0 Å². The predicted molar refractivity (Wildman–Crippen MR) is 52.2 cm³/mol. The second-order valence-electron chi connectivity index (χ2n) is 3.84. The number of hydrogen-bond donors (Lipinski definition) is 0. The summed E-state index contributed by atoms with van der Waals surface area (Å²) < 4.78 is 45.1. The first-order valence-electron chi connectivity index (χ1n) is 4.15. The van der Waals surface area contributed by atoms with Crippen molar-refractivity contribution in [1.82, 2.24) is 4.31 Å². The van der Waals surface area contributed by atoms with E-state index in [2.05, 4.69) is 0 Å². The van der Waals surface area contributed by atoms with Crippen molar-refractivity contribution in [3.63, 3.8) is 0 Å². The Balaban J connectivity index is 2.38. The van der Waals surface area contributed by atoms with E-state index in [4.69, 9.17) is 10.7 Å². The highest BCUT2D eigenvalue weighted by Crippen LogP contribution is 2.43. The average molecular weight is 274 g/mol. The van der Waals surface area contributed by atoms with Crippen LogP contribution in [0.1, 0.15) is 12.8 Å². The monoisotopic (exact) mass is 273 g/mol. The third-order valence-corrected chi connectivity index (χ3v) is 5.97. The molecule has 0 radical (unpaired) electrons. The van der Waals surface area contributed by atoms with Crippen LogP contribution in [-0.4, -0.2) is 44.1 Å². The van der Waals surface area contributed by atoms with Crippen LogP contribution in [-0.2, 0) is 23.9 Å². The Kier molecular flexibility index (Phi) is 2.13. The molecule has 0 aliphatic carbocycles. The highest BCUT2D eigenvalue weighted by molar-refractivity contribution is 8.12. The number of sulfone groups is 1. The van der Waals surface area contributed by atoms with Gasteiger partial charge in [0.1, 0.15) is 0 Å². The van der Waals surface area contributed by atoms with E-state index in [1.165, 1.54) is 0 Å². The molecule has 1 amide bonds. The van der Waals surface area contributed by atoms with Crippen LogP contribution >= 0.6 is 10.7 Å². The highest BCUT2D eigenvalue weighted by Gasteiger charge is 2.61. The fourth-order valence-corrected chi connectivity index (χ4v) is 5.92. The first-order chi connectivity index (χ1) is 6.66. The van der Waals surface area contributed by atoms with Gasteiger partial charge in [0.15, 0.2) is 9.84 Å². The Morgan fingerprint density at radius 2 is 2.00 bits per heavy atom. The molecule has 1 atom stereocenters. The summed E-state index contributed by atoms with van der Waals surface area (Å²) in [5, 5.41) is 0. The molecular formula is C6H8ClNO5S2. The van der Waals surface area contributed by atoms with Crippen molar-refractivity contribution in [2.75, 3.05) is 11.5 Å². The quantitative estimate of drug-likeness (QED) is 0.464. The SMILES string of the molecule is O=C1CC2(CCS(=O)(=O)C2)N1S(=O)(=O)Cl. The number of hydrogen-bond acceptors (Lipinski definition) is 5. The lowest BCUT2D eigenvalue weighted by atomic mass is 9.87. The Hall–Kier alpha value is -0.340. The molecule has 6 nitrogen and oxygen atoms in total. The molecule has 2 aliphatic heterocycles. The molecule has 1 unspecified atom stereocenters. The van der Waals surface area contributed by atoms with Gasteiger partial charge >= 0.3 is 9.24 Å². The molecule has 0 saturated carbocycles. The summed E-state index contributed by atoms with van der Waals surface area (Å²) in [4.78, 5) is 11.1. The van der Waals surface area contributed by atoms with E-state index in [1.807, 2.05) is 0 Å². The predicted octanol–water partition coefficient (Wildman–Crippen LogP) is -0.740. The molecule has 0 aromatic heterocycles. The molecule has 0 N–H and O–H groups in total. The number of β-lactam (4-membered cyclic amide) rings is 1. The summed E-state index contributed by atoms with van der Waals surface area (Å²) in [6.45, 7) is 0. The molecule has 0 aromatic carbocycles. The van der Waals surface area contributed by atoms with Crippen molar-refractivity contribution in [3.05, 3.63) is 0 Å². The second-order valence-corrected chi connectivity index (χ2v) is 8.39. The molecule has 2 heterocycles. The maximum absolute atomic E-state index is 11.2.